The molecule has 0 spiro atoms. The van der Waals surface area contributed by atoms with Gasteiger partial charge < -0.3 is 11.1 Å². The first-order chi connectivity index (χ1) is 13.0. The lowest BCUT2D eigenvalue weighted by Gasteiger charge is -2.43. The van der Waals surface area contributed by atoms with E-state index in [1.54, 1.807) is 26.0 Å². The molecule has 1 aromatic carbocycles. The number of alkyl halides is 3. The number of amides is 1. The number of primary amides is 1. The number of aliphatic imine (C=N–C) groups is 1. The topological polar surface area (TPSA) is 85.3 Å². The minimum atomic E-state index is -4.54. The predicted molar refractivity (Wildman–Crippen MR) is 99.3 cm³/mol. The third-order valence-corrected chi connectivity index (χ3v) is 5.20. The summed E-state index contributed by atoms with van der Waals surface area (Å²) in [6.07, 6.45) is 1.08. The van der Waals surface area contributed by atoms with E-state index in [9.17, 15) is 18.0 Å². The number of hydrogen-bond donors (Lipinski definition) is 2. The molecule has 3 N–H and O–H groups in total. The first kappa shape index (κ1) is 19.9. The van der Waals surface area contributed by atoms with E-state index in [4.69, 9.17) is 17.3 Å². The smallest absolute Gasteiger partial charge is 0.371 e. The van der Waals surface area contributed by atoms with Crippen molar-refractivity contribution in [1.82, 2.24) is 15.1 Å². The van der Waals surface area contributed by atoms with Gasteiger partial charge >= 0.3 is 6.18 Å². The summed E-state index contributed by atoms with van der Waals surface area (Å²) in [6.45, 7) is 3.54. The molecule has 0 saturated carbocycles. The fourth-order valence-corrected chi connectivity index (χ4v) is 3.58. The number of hydrogen-bond acceptors (Lipinski definition) is 4. The number of nitrogens with two attached hydrogens (primary N) is 1. The summed E-state index contributed by atoms with van der Waals surface area (Å²) in [5, 5.41) is 6.74. The lowest BCUT2D eigenvalue weighted by Crippen LogP contribution is -2.66. The van der Waals surface area contributed by atoms with Gasteiger partial charge in [-0.3, -0.25) is 9.79 Å². The maximum Gasteiger partial charge on any atom is 0.435 e. The molecule has 1 aliphatic heterocycles. The van der Waals surface area contributed by atoms with E-state index in [1.807, 2.05) is 0 Å². The van der Waals surface area contributed by atoms with Crippen molar-refractivity contribution in [3.63, 3.8) is 0 Å². The highest BCUT2D eigenvalue weighted by atomic mass is 35.5. The Morgan fingerprint density at radius 3 is 2.50 bits per heavy atom. The lowest BCUT2D eigenvalue weighted by molar-refractivity contribution is -0.141. The third kappa shape index (κ3) is 3.15. The Labute approximate surface area is 163 Å². The van der Waals surface area contributed by atoms with E-state index in [0.717, 1.165) is 10.7 Å². The highest BCUT2D eigenvalue weighted by Gasteiger charge is 2.51. The molecule has 10 heteroatoms. The quantitative estimate of drug-likeness (QED) is 0.810. The molecule has 1 unspecified atom stereocenters. The molecular formula is C18H17ClF3N5O. The molecule has 1 aliphatic rings. The molecular weight excluding hydrogens is 395 g/mol. The van der Waals surface area contributed by atoms with Crippen LogP contribution in [0.25, 0.3) is 5.69 Å². The van der Waals surface area contributed by atoms with Crippen LogP contribution >= 0.6 is 11.6 Å². The summed E-state index contributed by atoms with van der Waals surface area (Å²) in [6, 6.07) is 5.56. The van der Waals surface area contributed by atoms with Crippen LogP contribution in [0, 0.1) is 0 Å². The number of rotatable bonds is 4. The molecule has 28 heavy (non-hydrogen) atoms. The number of halogens is 4. The van der Waals surface area contributed by atoms with E-state index in [1.165, 1.54) is 30.9 Å². The summed E-state index contributed by atoms with van der Waals surface area (Å²) in [5.74, 6) is -0.646. The molecule has 1 atom stereocenters. The molecule has 6 nitrogen and oxygen atoms in total. The summed E-state index contributed by atoms with van der Waals surface area (Å²) < 4.78 is 39.4. The minimum Gasteiger partial charge on any atom is -0.371 e. The summed E-state index contributed by atoms with van der Waals surface area (Å²) in [7, 11) is 0. The van der Waals surface area contributed by atoms with Gasteiger partial charge in [0.25, 0.3) is 0 Å². The zero-order valence-electron chi connectivity index (χ0n) is 15.0. The van der Waals surface area contributed by atoms with Gasteiger partial charge in [0, 0.05) is 35.2 Å². The molecule has 148 valence electrons. The van der Waals surface area contributed by atoms with Crippen molar-refractivity contribution in [2.45, 2.75) is 31.0 Å². The van der Waals surface area contributed by atoms with Crippen LogP contribution in [0.15, 0.2) is 47.9 Å². The van der Waals surface area contributed by atoms with Crippen LogP contribution in [0.4, 0.5) is 13.2 Å². The van der Waals surface area contributed by atoms with Gasteiger partial charge in [-0.15, -0.1) is 0 Å². The van der Waals surface area contributed by atoms with Gasteiger partial charge in [0.1, 0.15) is 0 Å². The molecule has 2 aromatic rings. The van der Waals surface area contributed by atoms with Gasteiger partial charge in [0.15, 0.2) is 11.2 Å². The monoisotopic (exact) mass is 411 g/mol. The van der Waals surface area contributed by atoms with Gasteiger partial charge in [-0.05, 0) is 23.8 Å². The Kier molecular flexibility index (Phi) is 4.74. The van der Waals surface area contributed by atoms with Crippen LogP contribution < -0.4 is 11.1 Å². The van der Waals surface area contributed by atoms with E-state index in [-0.39, 0.29) is 5.02 Å². The zero-order chi connectivity index (χ0) is 20.7. The number of nitrogens with zero attached hydrogens (tertiary/aromatic N) is 3. The number of nitrogens with one attached hydrogen (secondary N) is 1. The second-order valence-corrected chi connectivity index (χ2v) is 7.25. The van der Waals surface area contributed by atoms with Crippen molar-refractivity contribution in [2.24, 2.45) is 10.7 Å². The Bertz CT molecular complexity index is 980. The summed E-state index contributed by atoms with van der Waals surface area (Å²) >= 11 is 6.44. The molecule has 0 radical (unpaired) electrons. The van der Waals surface area contributed by atoms with Crippen molar-refractivity contribution in [3.8, 4) is 5.69 Å². The third-order valence-electron chi connectivity index (χ3n) is 4.88. The van der Waals surface area contributed by atoms with E-state index in [2.05, 4.69) is 15.4 Å². The molecule has 2 heterocycles. The molecule has 0 aliphatic carbocycles. The highest BCUT2D eigenvalue weighted by Crippen LogP contribution is 2.39. The van der Waals surface area contributed by atoms with Crippen LogP contribution in [-0.4, -0.2) is 27.4 Å². The van der Waals surface area contributed by atoms with Crippen LogP contribution in [0.1, 0.15) is 25.1 Å². The normalized spacial score (nSPS) is 19.5. The SMILES string of the molecule is CC(C)(c1ccc(-n2ccc(C(F)(F)F)n2)cc1Cl)C1(C(N)=O)C=NC=CN1. The van der Waals surface area contributed by atoms with Crippen molar-refractivity contribution >= 4 is 23.7 Å². The second-order valence-electron chi connectivity index (χ2n) is 6.84. The van der Waals surface area contributed by atoms with E-state index < -0.39 is 28.7 Å². The van der Waals surface area contributed by atoms with Crippen LogP contribution in [0.5, 0.6) is 0 Å². The maximum absolute atomic E-state index is 12.8. The minimum absolute atomic E-state index is 0.247. The molecule has 0 fully saturated rings. The lowest BCUT2D eigenvalue weighted by atomic mass is 9.67. The standard InChI is InChI=1S/C18H17ClF3N5O/c1-16(2,17(15(23)28)10-24-6-7-25-17)12-4-3-11(9-13(12)19)27-8-5-14(26-27)18(20,21)22/h3-10,25H,1-2H3,(H2,23,28). The first-order valence-corrected chi connectivity index (χ1v) is 8.57. The number of aromatic nitrogens is 2. The molecule has 3 rings (SSSR count). The molecule has 0 bridgehead atoms. The molecule has 1 aromatic heterocycles. The fraction of sp³-hybridized carbons (Fsp3) is 0.278. The Morgan fingerprint density at radius 1 is 1.29 bits per heavy atom. The van der Waals surface area contributed by atoms with Crippen LogP contribution in [0.2, 0.25) is 5.02 Å². The zero-order valence-corrected chi connectivity index (χ0v) is 15.7. The van der Waals surface area contributed by atoms with Gasteiger partial charge in [-0.25, -0.2) is 4.68 Å². The van der Waals surface area contributed by atoms with E-state index in [0.29, 0.717) is 11.3 Å². The molecule has 0 saturated heterocycles. The maximum atomic E-state index is 12.8. The highest BCUT2D eigenvalue weighted by molar-refractivity contribution is 6.31. The second kappa shape index (κ2) is 6.66. The van der Waals surface area contributed by atoms with Crippen LogP contribution in [0.3, 0.4) is 0 Å². The van der Waals surface area contributed by atoms with Crippen molar-refractivity contribution in [2.75, 3.05) is 0 Å². The number of carbonyl (C=O) groups excluding carboxylic acids is 1. The number of carbonyl (C=O) groups is 1. The Balaban J connectivity index is 2.02. The Morgan fingerprint density at radius 2 is 2.00 bits per heavy atom. The summed E-state index contributed by atoms with van der Waals surface area (Å²) in [4.78, 5) is 16.3. The van der Waals surface area contributed by atoms with Crippen molar-refractivity contribution in [3.05, 3.63) is 59.1 Å². The largest absolute Gasteiger partial charge is 0.435 e. The van der Waals surface area contributed by atoms with E-state index >= 15 is 0 Å². The predicted octanol–water partition coefficient (Wildman–Crippen LogP) is 3.19. The van der Waals surface area contributed by atoms with Gasteiger partial charge in [-0.1, -0.05) is 31.5 Å². The van der Waals surface area contributed by atoms with Crippen molar-refractivity contribution in [1.29, 1.82) is 0 Å². The van der Waals surface area contributed by atoms with Crippen LogP contribution in [-0.2, 0) is 16.4 Å². The number of benzene rings is 1. The van der Waals surface area contributed by atoms with Gasteiger partial charge in [0.05, 0.1) is 5.69 Å². The summed E-state index contributed by atoms with van der Waals surface area (Å²) in [5.41, 5.74) is 3.30. The average molecular weight is 412 g/mol. The van der Waals surface area contributed by atoms with Crippen molar-refractivity contribution < 1.29 is 18.0 Å². The Hall–Kier alpha value is -2.81. The first-order valence-electron chi connectivity index (χ1n) is 8.19. The molecule has 1 amide bonds. The fourth-order valence-electron chi connectivity index (χ4n) is 3.17. The van der Waals surface area contributed by atoms with Gasteiger partial charge in [0.2, 0.25) is 5.91 Å². The van der Waals surface area contributed by atoms with Gasteiger partial charge in [-0.2, -0.15) is 18.3 Å². The average Bonchev–Trinajstić information content (AvgIpc) is 3.12.